The minimum atomic E-state index is -0.936. The van der Waals surface area contributed by atoms with E-state index in [-0.39, 0.29) is 12.6 Å². The van der Waals surface area contributed by atoms with E-state index in [1.54, 1.807) is 6.92 Å². The third kappa shape index (κ3) is 4.83. The second-order valence-electron chi connectivity index (χ2n) is 6.66. The van der Waals surface area contributed by atoms with Crippen LogP contribution in [-0.4, -0.2) is 25.2 Å². The number of methoxy groups -OCH3 is 1. The lowest BCUT2D eigenvalue weighted by molar-refractivity contribution is -0.149. The Hall–Kier alpha value is -2.33. The highest BCUT2D eigenvalue weighted by atomic mass is 16.5. The summed E-state index contributed by atoms with van der Waals surface area (Å²) in [6, 6.07) is 13.8. The molecule has 4 nitrogen and oxygen atoms in total. The predicted molar refractivity (Wildman–Crippen MR) is 99.9 cm³/mol. The molecule has 0 amide bonds. The van der Waals surface area contributed by atoms with Crippen LogP contribution in [0, 0.1) is 20.8 Å². The molecule has 0 saturated heterocycles. The molecule has 0 fully saturated rings. The Morgan fingerprint density at radius 1 is 1.08 bits per heavy atom. The van der Waals surface area contributed by atoms with Gasteiger partial charge in [-0.2, -0.15) is 0 Å². The molecular formula is C21H27NO3. The number of esters is 1. The molecule has 0 aliphatic rings. The molecule has 0 bridgehead atoms. The SMILES string of the molecule is COC(=O)C(C)(COc1ccccc1)NCc1c(C)cc(C)cc1C. The summed E-state index contributed by atoms with van der Waals surface area (Å²) >= 11 is 0. The van der Waals surface area contributed by atoms with Gasteiger partial charge in [0.1, 0.15) is 17.9 Å². The lowest BCUT2D eigenvalue weighted by Crippen LogP contribution is -2.54. The van der Waals surface area contributed by atoms with Crippen molar-refractivity contribution in [3.05, 3.63) is 64.7 Å². The average molecular weight is 341 g/mol. The van der Waals surface area contributed by atoms with Crippen LogP contribution in [0.2, 0.25) is 0 Å². The monoisotopic (exact) mass is 341 g/mol. The highest BCUT2D eigenvalue weighted by Crippen LogP contribution is 2.19. The Labute approximate surface area is 150 Å². The van der Waals surface area contributed by atoms with Gasteiger partial charge in [0.05, 0.1) is 7.11 Å². The topological polar surface area (TPSA) is 47.6 Å². The second kappa shape index (κ2) is 8.17. The lowest BCUT2D eigenvalue weighted by Gasteiger charge is -2.28. The highest BCUT2D eigenvalue weighted by Gasteiger charge is 2.35. The van der Waals surface area contributed by atoms with Crippen LogP contribution < -0.4 is 10.1 Å². The molecule has 2 aromatic carbocycles. The van der Waals surface area contributed by atoms with E-state index in [1.165, 1.54) is 29.4 Å². The van der Waals surface area contributed by atoms with E-state index < -0.39 is 5.54 Å². The number of carbonyl (C=O) groups is 1. The van der Waals surface area contributed by atoms with Gasteiger partial charge in [0.15, 0.2) is 0 Å². The molecule has 25 heavy (non-hydrogen) atoms. The maximum absolute atomic E-state index is 12.3. The fraction of sp³-hybridized carbons (Fsp3) is 0.381. The highest BCUT2D eigenvalue weighted by molar-refractivity contribution is 5.80. The molecule has 2 rings (SSSR count). The normalized spacial score (nSPS) is 13.2. The number of rotatable bonds is 7. The van der Waals surface area contributed by atoms with Gasteiger partial charge < -0.3 is 9.47 Å². The predicted octanol–water partition coefficient (Wildman–Crippen LogP) is 3.71. The van der Waals surface area contributed by atoms with Gasteiger partial charge in [-0.1, -0.05) is 35.9 Å². The van der Waals surface area contributed by atoms with E-state index in [0.29, 0.717) is 6.54 Å². The third-order valence-corrected chi connectivity index (χ3v) is 4.40. The molecule has 4 heteroatoms. The van der Waals surface area contributed by atoms with Crippen LogP contribution in [0.25, 0.3) is 0 Å². The second-order valence-corrected chi connectivity index (χ2v) is 6.66. The Bertz CT molecular complexity index is 704. The Morgan fingerprint density at radius 3 is 2.24 bits per heavy atom. The number of ether oxygens (including phenoxy) is 2. The van der Waals surface area contributed by atoms with Gasteiger partial charge in [-0.05, 0) is 56.5 Å². The largest absolute Gasteiger partial charge is 0.491 e. The summed E-state index contributed by atoms with van der Waals surface area (Å²) in [4.78, 5) is 12.3. The van der Waals surface area contributed by atoms with Gasteiger partial charge in [0, 0.05) is 6.54 Å². The first-order valence-corrected chi connectivity index (χ1v) is 8.44. The first-order valence-electron chi connectivity index (χ1n) is 8.44. The number of aryl methyl sites for hydroxylation is 3. The molecule has 0 aliphatic carbocycles. The Morgan fingerprint density at radius 2 is 1.68 bits per heavy atom. The molecule has 0 spiro atoms. The van der Waals surface area contributed by atoms with Crippen LogP contribution in [0.1, 0.15) is 29.2 Å². The number of hydrogen-bond donors (Lipinski definition) is 1. The van der Waals surface area contributed by atoms with E-state index >= 15 is 0 Å². The summed E-state index contributed by atoms with van der Waals surface area (Å²) in [7, 11) is 1.40. The zero-order valence-electron chi connectivity index (χ0n) is 15.7. The first-order chi connectivity index (χ1) is 11.9. The minimum Gasteiger partial charge on any atom is -0.491 e. The van der Waals surface area contributed by atoms with Gasteiger partial charge in [-0.15, -0.1) is 0 Å². The molecular weight excluding hydrogens is 314 g/mol. The maximum Gasteiger partial charge on any atom is 0.329 e. The molecule has 1 atom stereocenters. The fourth-order valence-electron chi connectivity index (χ4n) is 2.92. The van der Waals surface area contributed by atoms with Crippen molar-refractivity contribution in [3.8, 4) is 5.75 Å². The van der Waals surface area contributed by atoms with Crippen molar-refractivity contribution in [3.63, 3.8) is 0 Å². The number of hydrogen-bond acceptors (Lipinski definition) is 4. The van der Waals surface area contributed by atoms with Crippen LogP contribution >= 0.6 is 0 Å². The molecule has 2 aromatic rings. The van der Waals surface area contributed by atoms with E-state index in [0.717, 1.165) is 5.75 Å². The van der Waals surface area contributed by atoms with Gasteiger partial charge in [0.25, 0.3) is 0 Å². The van der Waals surface area contributed by atoms with Crippen molar-refractivity contribution in [2.45, 2.75) is 39.8 Å². The standard InChI is InChI=1S/C21H27NO3/c1-15-11-16(2)19(17(3)12-15)13-22-21(4,20(23)24-5)14-25-18-9-7-6-8-10-18/h6-12,22H,13-14H2,1-5H3. The first kappa shape index (κ1) is 19.0. The van der Waals surface area contributed by atoms with Gasteiger partial charge in [-0.3, -0.25) is 5.32 Å². The Balaban J connectivity index is 2.13. The molecule has 1 unspecified atom stereocenters. The van der Waals surface area contributed by atoms with Gasteiger partial charge >= 0.3 is 5.97 Å². The third-order valence-electron chi connectivity index (χ3n) is 4.40. The summed E-state index contributed by atoms with van der Waals surface area (Å²) < 4.78 is 10.8. The summed E-state index contributed by atoms with van der Waals surface area (Å²) in [6.45, 7) is 8.83. The van der Waals surface area contributed by atoms with Crippen LogP contribution in [-0.2, 0) is 16.1 Å². The van der Waals surface area contributed by atoms with Crippen molar-refractivity contribution in [2.24, 2.45) is 0 Å². The average Bonchev–Trinajstić information content (AvgIpc) is 2.59. The fourth-order valence-corrected chi connectivity index (χ4v) is 2.92. The summed E-state index contributed by atoms with van der Waals surface area (Å²) in [6.07, 6.45) is 0. The molecule has 0 saturated carbocycles. The van der Waals surface area contributed by atoms with Gasteiger partial charge in [0.2, 0.25) is 0 Å². The van der Waals surface area contributed by atoms with Crippen molar-refractivity contribution >= 4 is 5.97 Å². The summed E-state index contributed by atoms with van der Waals surface area (Å²) in [5, 5.41) is 3.33. The zero-order valence-corrected chi connectivity index (χ0v) is 15.7. The number of carbonyl (C=O) groups excluding carboxylic acids is 1. The van der Waals surface area contributed by atoms with Crippen molar-refractivity contribution in [2.75, 3.05) is 13.7 Å². The van der Waals surface area contributed by atoms with Gasteiger partial charge in [-0.25, -0.2) is 4.79 Å². The van der Waals surface area contributed by atoms with E-state index in [9.17, 15) is 4.79 Å². The number of nitrogens with one attached hydrogen (secondary N) is 1. The smallest absolute Gasteiger partial charge is 0.329 e. The molecule has 0 aromatic heterocycles. The van der Waals surface area contributed by atoms with Crippen LogP contribution in [0.4, 0.5) is 0 Å². The summed E-state index contributed by atoms with van der Waals surface area (Å²) in [5.41, 5.74) is 3.92. The van der Waals surface area contributed by atoms with Crippen LogP contribution in [0.15, 0.2) is 42.5 Å². The molecule has 0 aliphatic heterocycles. The minimum absolute atomic E-state index is 0.188. The quantitative estimate of drug-likeness (QED) is 0.780. The van der Waals surface area contributed by atoms with Crippen LogP contribution in [0.5, 0.6) is 5.75 Å². The van der Waals surface area contributed by atoms with Crippen molar-refractivity contribution in [1.82, 2.24) is 5.32 Å². The number of para-hydroxylation sites is 1. The van der Waals surface area contributed by atoms with E-state index in [2.05, 4.69) is 38.2 Å². The number of benzene rings is 2. The molecule has 0 radical (unpaired) electrons. The Kier molecular flexibility index (Phi) is 6.21. The van der Waals surface area contributed by atoms with Crippen molar-refractivity contribution in [1.29, 1.82) is 0 Å². The summed E-state index contributed by atoms with van der Waals surface area (Å²) in [5.74, 6) is 0.382. The molecule has 134 valence electrons. The zero-order chi connectivity index (χ0) is 18.4. The van der Waals surface area contributed by atoms with E-state index in [1.807, 2.05) is 30.3 Å². The van der Waals surface area contributed by atoms with Crippen molar-refractivity contribution < 1.29 is 14.3 Å². The molecule has 1 N–H and O–H groups in total. The lowest BCUT2D eigenvalue weighted by atomic mass is 9.97. The van der Waals surface area contributed by atoms with E-state index in [4.69, 9.17) is 9.47 Å². The van der Waals surface area contributed by atoms with Crippen LogP contribution in [0.3, 0.4) is 0 Å². The maximum atomic E-state index is 12.3. The molecule has 0 heterocycles.